The van der Waals surface area contributed by atoms with Gasteiger partial charge in [0.2, 0.25) is 0 Å². The second-order valence-electron chi connectivity index (χ2n) is 4.95. The van der Waals surface area contributed by atoms with Crippen molar-refractivity contribution < 1.29 is 19.0 Å². The van der Waals surface area contributed by atoms with E-state index in [1.807, 2.05) is 24.3 Å². The van der Waals surface area contributed by atoms with Gasteiger partial charge in [-0.1, -0.05) is 17.3 Å². The van der Waals surface area contributed by atoms with Crippen LogP contribution in [0.15, 0.2) is 29.4 Å². The van der Waals surface area contributed by atoms with E-state index in [0.29, 0.717) is 25.9 Å². The van der Waals surface area contributed by atoms with Crippen molar-refractivity contribution in [2.45, 2.75) is 31.7 Å². The van der Waals surface area contributed by atoms with E-state index in [-0.39, 0.29) is 6.29 Å². The van der Waals surface area contributed by atoms with Crippen LogP contribution in [0.1, 0.15) is 24.8 Å². The van der Waals surface area contributed by atoms with Crippen molar-refractivity contribution in [1.82, 2.24) is 0 Å². The summed E-state index contributed by atoms with van der Waals surface area (Å²) in [6, 6.07) is 7.71. The lowest BCUT2D eigenvalue weighted by Gasteiger charge is -2.22. The van der Waals surface area contributed by atoms with Gasteiger partial charge in [-0.05, 0) is 37.0 Å². The standard InChI is InChI=1S/C15H19NO4/c1-3-12(10-16-20-13-4-2-5-13)9-14(6-1)19-11-15-17-7-8-18-15/h1,3,6,9-10,13,15H,2,4-5,7-8,11H2/b16-10+. The SMILES string of the molecule is C(=N\OC1CCC1)/c1cccc(OCC2OCCO2)c1. The minimum Gasteiger partial charge on any atom is -0.488 e. The summed E-state index contributed by atoms with van der Waals surface area (Å²) in [6.45, 7) is 1.68. The smallest absolute Gasteiger partial charge is 0.191 e. The lowest BCUT2D eigenvalue weighted by atomic mass is 9.97. The average Bonchev–Trinajstić information content (AvgIpc) is 2.93. The van der Waals surface area contributed by atoms with E-state index >= 15 is 0 Å². The van der Waals surface area contributed by atoms with Crippen molar-refractivity contribution >= 4 is 6.21 Å². The second-order valence-corrected chi connectivity index (χ2v) is 4.95. The topological polar surface area (TPSA) is 49.3 Å². The number of hydrogen-bond donors (Lipinski definition) is 0. The zero-order valence-corrected chi connectivity index (χ0v) is 11.4. The van der Waals surface area contributed by atoms with E-state index < -0.39 is 0 Å². The van der Waals surface area contributed by atoms with Crippen LogP contribution >= 0.6 is 0 Å². The highest BCUT2D eigenvalue weighted by Gasteiger charge is 2.18. The first-order chi connectivity index (χ1) is 9.90. The molecule has 1 aliphatic heterocycles. The van der Waals surface area contributed by atoms with Crippen LogP contribution in [0.25, 0.3) is 0 Å². The number of oxime groups is 1. The Morgan fingerprint density at radius 2 is 2.10 bits per heavy atom. The number of hydrogen-bond acceptors (Lipinski definition) is 5. The molecule has 1 saturated heterocycles. The predicted molar refractivity (Wildman–Crippen MR) is 73.9 cm³/mol. The quantitative estimate of drug-likeness (QED) is 0.591. The summed E-state index contributed by atoms with van der Waals surface area (Å²) in [7, 11) is 0. The van der Waals surface area contributed by atoms with Crippen LogP contribution in [0.2, 0.25) is 0 Å². The fraction of sp³-hybridized carbons (Fsp3) is 0.533. The lowest BCUT2D eigenvalue weighted by molar-refractivity contribution is -0.0684. The molecule has 0 aromatic heterocycles. The van der Waals surface area contributed by atoms with E-state index in [0.717, 1.165) is 24.2 Å². The van der Waals surface area contributed by atoms with Crippen LogP contribution in [0.5, 0.6) is 5.75 Å². The van der Waals surface area contributed by atoms with Crippen LogP contribution in [0, 0.1) is 0 Å². The van der Waals surface area contributed by atoms with Crippen molar-refractivity contribution in [2.24, 2.45) is 5.16 Å². The molecule has 5 nitrogen and oxygen atoms in total. The third kappa shape index (κ3) is 3.71. The second kappa shape index (κ2) is 6.72. The normalized spacial score (nSPS) is 20.2. The summed E-state index contributed by atoms with van der Waals surface area (Å²) in [4.78, 5) is 5.35. The fourth-order valence-corrected chi connectivity index (χ4v) is 2.01. The Kier molecular flexibility index (Phi) is 4.50. The molecule has 2 aliphatic rings. The van der Waals surface area contributed by atoms with Gasteiger partial charge in [-0.3, -0.25) is 0 Å². The molecule has 0 bridgehead atoms. The van der Waals surface area contributed by atoms with E-state index in [9.17, 15) is 0 Å². The fourth-order valence-electron chi connectivity index (χ4n) is 2.01. The number of benzene rings is 1. The van der Waals surface area contributed by atoms with Gasteiger partial charge >= 0.3 is 0 Å². The molecule has 0 spiro atoms. The van der Waals surface area contributed by atoms with E-state index in [1.54, 1.807) is 6.21 Å². The molecule has 1 saturated carbocycles. The summed E-state index contributed by atoms with van der Waals surface area (Å²) in [6.07, 6.45) is 5.24. The molecule has 3 rings (SSSR count). The van der Waals surface area contributed by atoms with Gasteiger partial charge in [-0.2, -0.15) is 0 Å². The third-order valence-electron chi connectivity index (χ3n) is 3.40. The lowest BCUT2D eigenvalue weighted by Crippen LogP contribution is -2.19. The van der Waals surface area contributed by atoms with E-state index in [2.05, 4.69) is 5.16 Å². The monoisotopic (exact) mass is 277 g/mol. The van der Waals surface area contributed by atoms with Crippen molar-refractivity contribution in [3.63, 3.8) is 0 Å². The molecule has 108 valence electrons. The molecular weight excluding hydrogens is 258 g/mol. The van der Waals surface area contributed by atoms with Gasteiger partial charge in [-0.15, -0.1) is 0 Å². The zero-order valence-electron chi connectivity index (χ0n) is 11.4. The van der Waals surface area contributed by atoms with Crippen molar-refractivity contribution in [1.29, 1.82) is 0 Å². The maximum Gasteiger partial charge on any atom is 0.191 e. The van der Waals surface area contributed by atoms with E-state index in [4.69, 9.17) is 19.0 Å². The van der Waals surface area contributed by atoms with Crippen LogP contribution in [0.4, 0.5) is 0 Å². The molecule has 1 aliphatic carbocycles. The highest BCUT2D eigenvalue weighted by Crippen LogP contribution is 2.22. The van der Waals surface area contributed by atoms with Crippen molar-refractivity contribution in [2.75, 3.05) is 19.8 Å². The summed E-state index contributed by atoms with van der Waals surface area (Å²) in [5.74, 6) is 0.775. The minimum absolute atomic E-state index is 0.255. The number of rotatable bonds is 6. The molecule has 0 radical (unpaired) electrons. The minimum atomic E-state index is -0.255. The highest BCUT2D eigenvalue weighted by atomic mass is 16.7. The first-order valence-corrected chi connectivity index (χ1v) is 7.05. The van der Waals surface area contributed by atoms with Gasteiger partial charge in [0, 0.05) is 0 Å². The molecule has 2 fully saturated rings. The summed E-state index contributed by atoms with van der Waals surface area (Å²) in [5.41, 5.74) is 0.954. The van der Waals surface area contributed by atoms with Gasteiger partial charge in [0.05, 0.1) is 19.4 Å². The molecule has 20 heavy (non-hydrogen) atoms. The zero-order chi connectivity index (χ0) is 13.6. The van der Waals surface area contributed by atoms with Gasteiger partial charge in [0.25, 0.3) is 0 Å². The first kappa shape index (κ1) is 13.4. The Morgan fingerprint density at radius 1 is 1.25 bits per heavy atom. The molecule has 5 heteroatoms. The Morgan fingerprint density at radius 3 is 2.85 bits per heavy atom. The van der Waals surface area contributed by atoms with Crippen LogP contribution < -0.4 is 4.74 Å². The number of ether oxygens (including phenoxy) is 3. The van der Waals surface area contributed by atoms with Gasteiger partial charge in [-0.25, -0.2) is 0 Å². The van der Waals surface area contributed by atoms with Crippen LogP contribution in [-0.2, 0) is 14.3 Å². The summed E-state index contributed by atoms with van der Waals surface area (Å²) < 4.78 is 16.3. The van der Waals surface area contributed by atoms with E-state index in [1.165, 1.54) is 6.42 Å². The van der Waals surface area contributed by atoms with Gasteiger partial charge in [0.1, 0.15) is 18.5 Å². The molecule has 1 heterocycles. The average molecular weight is 277 g/mol. The molecule has 0 atom stereocenters. The van der Waals surface area contributed by atoms with Crippen LogP contribution in [-0.4, -0.2) is 38.4 Å². The maximum atomic E-state index is 5.64. The summed E-state index contributed by atoms with van der Waals surface area (Å²) >= 11 is 0. The largest absolute Gasteiger partial charge is 0.488 e. The molecule has 1 aromatic carbocycles. The van der Waals surface area contributed by atoms with Crippen LogP contribution in [0.3, 0.4) is 0 Å². The highest BCUT2D eigenvalue weighted by molar-refractivity contribution is 5.79. The molecule has 1 aromatic rings. The molecule has 0 N–H and O–H groups in total. The molecule has 0 unspecified atom stereocenters. The predicted octanol–water partition coefficient (Wildman–Crippen LogP) is 2.34. The Balaban J connectivity index is 1.49. The molecule has 0 amide bonds. The summed E-state index contributed by atoms with van der Waals surface area (Å²) in [5, 5.41) is 4.01. The first-order valence-electron chi connectivity index (χ1n) is 7.05. The Bertz CT molecular complexity index is 453. The number of nitrogens with zero attached hydrogens (tertiary/aromatic N) is 1. The third-order valence-corrected chi connectivity index (χ3v) is 3.40. The van der Waals surface area contributed by atoms with Crippen molar-refractivity contribution in [3.8, 4) is 5.75 Å². The molecular formula is C15H19NO4. The van der Waals surface area contributed by atoms with Crippen molar-refractivity contribution in [3.05, 3.63) is 29.8 Å². The Labute approximate surface area is 118 Å². The Hall–Kier alpha value is -1.59. The van der Waals surface area contributed by atoms with Gasteiger partial charge < -0.3 is 19.0 Å². The maximum absolute atomic E-state index is 5.64. The van der Waals surface area contributed by atoms with Gasteiger partial charge in [0.15, 0.2) is 6.29 Å².